The third kappa shape index (κ3) is 3.51. The average Bonchev–Trinajstić information content (AvgIpc) is 2.87. The van der Waals surface area contributed by atoms with E-state index in [1.807, 2.05) is 5.38 Å². The number of nitrogens with one attached hydrogen (secondary N) is 2. The Morgan fingerprint density at radius 3 is 2.61 bits per heavy atom. The average molecular weight is 283 g/mol. The number of hydrogen-bond donors (Lipinski definition) is 2. The molecule has 0 aliphatic heterocycles. The van der Waals surface area contributed by atoms with Crippen molar-refractivity contribution in [3.05, 3.63) is 36.8 Å². The Kier molecular flexibility index (Phi) is 3.99. The lowest BCUT2D eigenvalue weighted by atomic mass is 9.98. The van der Waals surface area contributed by atoms with E-state index in [9.17, 15) is 4.79 Å². The molecule has 4 nitrogen and oxygen atoms in total. The van der Waals surface area contributed by atoms with Gasteiger partial charge >= 0.3 is 4.87 Å². The van der Waals surface area contributed by atoms with Crippen LogP contribution in [-0.4, -0.2) is 9.97 Å². The van der Waals surface area contributed by atoms with Gasteiger partial charge in [0.15, 0.2) is 0 Å². The monoisotopic (exact) mass is 283 g/mol. The zero-order valence-corrected chi connectivity index (χ0v) is 12.4. The summed E-state index contributed by atoms with van der Waals surface area (Å²) in [6, 6.07) is 0. The molecule has 2 aromatic rings. The Balaban J connectivity index is 1.87. The second-order valence-corrected chi connectivity index (χ2v) is 6.87. The van der Waals surface area contributed by atoms with Gasteiger partial charge in [0.1, 0.15) is 0 Å². The molecule has 2 heterocycles. The predicted molar refractivity (Wildman–Crippen MR) is 76.3 cm³/mol. The third-order valence-corrected chi connectivity index (χ3v) is 4.42. The highest BCUT2D eigenvalue weighted by Gasteiger charge is 2.17. The van der Waals surface area contributed by atoms with E-state index in [0.717, 1.165) is 22.9 Å². The smallest absolute Gasteiger partial charge is 0.304 e. The molecule has 0 aliphatic carbocycles. The normalized spacial score (nSPS) is 11.9. The van der Waals surface area contributed by atoms with Gasteiger partial charge in [0.25, 0.3) is 0 Å². The summed E-state index contributed by atoms with van der Waals surface area (Å²) >= 11 is 2.89. The molecule has 0 aliphatic rings. The Labute approximate surface area is 114 Å². The Bertz CT molecular complexity index is 562. The van der Waals surface area contributed by atoms with Gasteiger partial charge < -0.3 is 10.3 Å². The van der Waals surface area contributed by atoms with Gasteiger partial charge in [0.05, 0.1) is 10.7 Å². The summed E-state index contributed by atoms with van der Waals surface area (Å²) in [5, 5.41) is 8.36. The van der Waals surface area contributed by atoms with Gasteiger partial charge in [0, 0.05) is 35.0 Å². The van der Waals surface area contributed by atoms with E-state index in [0.29, 0.717) is 6.54 Å². The van der Waals surface area contributed by atoms with Crippen molar-refractivity contribution in [2.24, 2.45) is 0 Å². The molecular formula is C12H17N3OS2. The Morgan fingerprint density at radius 1 is 1.28 bits per heavy atom. The Hall–Kier alpha value is -0.980. The van der Waals surface area contributed by atoms with Crippen LogP contribution in [0.5, 0.6) is 0 Å². The van der Waals surface area contributed by atoms with Crippen LogP contribution in [0, 0.1) is 0 Å². The first-order chi connectivity index (χ1) is 8.45. The molecule has 0 atom stereocenters. The summed E-state index contributed by atoms with van der Waals surface area (Å²) in [4.78, 5) is 18.3. The largest absolute Gasteiger partial charge is 0.315 e. The lowest BCUT2D eigenvalue weighted by molar-refractivity contribution is 0.579. The van der Waals surface area contributed by atoms with Crippen molar-refractivity contribution in [2.45, 2.75) is 39.3 Å². The molecule has 18 heavy (non-hydrogen) atoms. The topological polar surface area (TPSA) is 57.8 Å². The molecule has 2 rings (SSSR count). The van der Waals surface area contributed by atoms with Gasteiger partial charge in [-0.25, -0.2) is 4.98 Å². The van der Waals surface area contributed by atoms with E-state index >= 15 is 0 Å². The maximum Gasteiger partial charge on any atom is 0.304 e. The van der Waals surface area contributed by atoms with Crippen LogP contribution in [0.15, 0.2) is 15.6 Å². The van der Waals surface area contributed by atoms with Crippen molar-refractivity contribution in [1.29, 1.82) is 0 Å². The number of H-pyrrole nitrogens is 1. The summed E-state index contributed by atoms with van der Waals surface area (Å²) in [6.45, 7) is 7.89. The van der Waals surface area contributed by atoms with Crippen molar-refractivity contribution < 1.29 is 0 Å². The van der Waals surface area contributed by atoms with E-state index in [1.54, 1.807) is 11.3 Å². The van der Waals surface area contributed by atoms with Gasteiger partial charge in [-0.05, 0) is 0 Å². The molecule has 0 aromatic carbocycles. The van der Waals surface area contributed by atoms with Crippen LogP contribution in [0.2, 0.25) is 0 Å². The predicted octanol–water partition coefficient (Wildman–Crippen LogP) is 2.48. The first-order valence-corrected chi connectivity index (χ1v) is 7.53. The van der Waals surface area contributed by atoms with Crippen LogP contribution in [0.25, 0.3) is 0 Å². The molecule has 0 radical (unpaired) electrons. The fourth-order valence-electron chi connectivity index (χ4n) is 1.46. The van der Waals surface area contributed by atoms with Crippen LogP contribution in [0.4, 0.5) is 0 Å². The maximum atomic E-state index is 11.0. The minimum atomic E-state index is -0.00419. The molecule has 2 aromatic heterocycles. The molecule has 0 fully saturated rings. The highest BCUT2D eigenvalue weighted by molar-refractivity contribution is 7.09. The van der Waals surface area contributed by atoms with Crippen molar-refractivity contribution >= 4 is 22.7 Å². The number of hydrogen-bond acceptors (Lipinski definition) is 5. The molecule has 6 heteroatoms. The molecule has 0 unspecified atom stereocenters. The van der Waals surface area contributed by atoms with Gasteiger partial charge in [0.2, 0.25) is 0 Å². The van der Waals surface area contributed by atoms with Crippen LogP contribution in [0.1, 0.15) is 37.2 Å². The molecule has 98 valence electrons. The number of thiazole rings is 2. The van der Waals surface area contributed by atoms with Crippen molar-refractivity contribution in [2.75, 3.05) is 0 Å². The number of aromatic nitrogens is 2. The van der Waals surface area contributed by atoms with Crippen LogP contribution in [0.3, 0.4) is 0 Å². The lowest BCUT2D eigenvalue weighted by Crippen LogP contribution is -2.15. The first kappa shape index (κ1) is 13.5. The summed E-state index contributed by atoms with van der Waals surface area (Å²) in [6.07, 6.45) is 0. The fourth-order valence-corrected chi connectivity index (χ4v) is 2.95. The van der Waals surface area contributed by atoms with Crippen LogP contribution in [-0.2, 0) is 18.5 Å². The van der Waals surface area contributed by atoms with E-state index in [2.05, 4.69) is 41.4 Å². The quantitative estimate of drug-likeness (QED) is 0.906. The van der Waals surface area contributed by atoms with E-state index in [1.165, 1.54) is 11.3 Å². The van der Waals surface area contributed by atoms with Gasteiger partial charge in [-0.3, -0.25) is 4.79 Å². The zero-order valence-electron chi connectivity index (χ0n) is 10.7. The van der Waals surface area contributed by atoms with E-state index < -0.39 is 0 Å². The van der Waals surface area contributed by atoms with Gasteiger partial charge in [-0.15, -0.1) is 11.3 Å². The van der Waals surface area contributed by atoms with Crippen LogP contribution >= 0.6 is 22.7 Å². The van der Waals surface area contributed by atoms with E-state index in [4.69, 9.17) is 0 Å². The lowest BCUT2D eigenvalue weighted by Gasteiger charge is -2.13. The molecule has 0 amide bonds. The summed E-state index contributed by atoms with van der Waals surface area (Å²) in [7, 11) is 0. The van der Waals surface area contributed by atoms with Crippen molar-refractivity contribution in [3.63, 3.8) is 0 Å². The molecule has 0 bridgehead atoms. The first-order valence-electron chi connectivity index (χ1n) is 5.77. The zero-order chi connectivity index (χ0) is 13.2. The summed E-state index contributed by atoms with van der Waals surface area (Å²) < 4.78 is 0. The standard InChI is InChI=1S/C12H17N3OS2/c1-12(2,3)10-14-8(6-17-10)4-13-5-9-7-18-11(16)15-9/h6-7,13H,4-5H2,1-3H3,(H,15,16). The number of nitrogens with zero attached hydrogens (tertiary/aromatic N) is 1. The summed E-state index contributed by atoms with van der Waals surface area (Å²) in [5.41, 5.74) is 2.10. The summed E-state index contributed by atoms with van der Waals surface area (Å²) in [5.74, 6) is 0. The van der Waals surface area contributed by atoms with Crippen LogP contribution < -0.4 is 10.2 Å². The second kappa shape index (κ2) is 5.34. The Morgan fingerprint density at radius 2 is 2.06 bits per heavy atom. The highest BCUT2D eigenvalue weighted by Crippen LogP contribution is 2.25. The maximum absolute atomic E-state index is 11.0. The van der Waals surface area contributed by atoms with Gasteiger partial charge in [-0.1, -0.05) is 32.1 Å². The molecule has 0 saturated carbocycles. The third-order valence-electron chi connectivity index (χ3n) is 2.39. The minimum Gasteiger partial charge on any atom is -0.315 e. The van der Waals surface area contributed by atoms with E-state index in [-0.39, 0.29) is 10.3 Å². The SMILES string of the molecule is CC(C)(C)c1nc(CNCc2csc(=O)[nH]2)cs1. The molecule has 2 N–H and O–H groups in total. The van der Waals surface area contributed by atoms with Crippen molar-refractivity contribution in [1.82, 2.24) is 15.3 Å². The molecular weight excluding hydrogens is 266 g/mol. The molecule has 0 spiro atoms. The highest BCUT2D eigenvalue weighted by atomic mass is 32.1. The van der Waals surface area contributed by atoms with Crippen molar-refractivity contribution in [3.8, 4) is 0 Å². The fraction of sp³-hybridized carbons (Fsp3) is 0.500. The second-order valence-electron chi connectivity index (χ2n) is 5.17. The number of rotatable bonds is 4. The van der Waals surface area contributed by atoms with Gasteiger partial charge in [-0.2, -0.15) is 0 Å². The minimum absolute atomic E-state index is 0.00419. The molecule has 0 saturated heterocycles. The number of aromatic amines is 1.